The summed E-state index contributed by atoms with van der Waals surface area (Å²) in [6.07, 6.45) is -1.63. The fraction of sp³-hybridized carbons (Fsp3) is 0.375. The lowest BCUT2D eigenvalue weighted by atomic mass is 9.82. The zero-order chi connectivity index (χ0) is 16.1. The van der Waals surface area contributed by atoms with Crippen molar-refractivity contribution in [2.45, 2.75) is 25.9 Å². The first-order valence-electron chi connectivity index (χ1n) is 7.00. The summed E-state index contributed by atoms with van der Waals surface area (Å²) in [5.74, 6) is -1.71. The van der Waals surface area contributed by atoms with Crippen LogP contribution in [0.4, 0.5) is 18.9 Å². The van der Waals surface area contributed by atoms with E-state index in [1.54, 1.807) is 0 Å². The lowest BCUT2D eigenvalue weighted by Crippen LogP contribution is -2.31. The Morgan fingerprint density at radius 3 is 2.50 bits per heavy atom. The van der Waals surface area contributed by atoms with E-state index >= 15 is 0 Å². The fourth-order valence-corrected chi connectivity index (χ4v) is 3.11. The number of amides is 2. The Labute approximate surface area is 125 Å². The molecule has 2 aliphatic rings. The van der Waals surface area contributed by atoms with Crippen molar-refractivity contribution in [1.29, 1.82) is 0 Å². The Balaban J connectivity index is 1.97. The molecule has 1 saturated heterocycles. The molecule has 6 heteroatoms. The van der Waals surface area contributed by atoms with Gasteiger partial charge in [0.25, 0.3) is 0 Å². The van der Waals surface area contributed by atoms with Crippen molar-refractivity contribution in [3.05, 3.63) is 41.5 Å². The summed E-state index contributed by atoms with van der Waals surface area (Å²) >= 11 is 0. The molecule has 0 spiro atoms. The third-order valence-electron chi connectivity index (χ3n) is 4.25. The van der Waals surface area contributed by atoms with Crippen molar-refractivity contribution in [3.8, 4) is 0 Å². The minimum atomic E-state index is -4.51. The molecule has 1 heterocycles. The topological polar surface area (TPSA) is 37.4 Å². The van der Waals surface area contributed by atoms with Gasteiger partial charge in [-0.3, -0.25) is 14.5 Å². The van der Waals surface area contributed by atoms with Gasteiger partial charge in [0, 0.05) is 0 Å². The van der Waals surface area contributed by atoms with E-state index in [9.17, 15) is 22.8 Å². The highest BCUT2D eigenvalue weighted by Gasteiger charge is 2.48. The van der Waals surface area contributed by atoms with E-state index in [0.29, 0.717) is 12.8 Å². The zero-order valence-corrected chi connectivity index (χ0v) is 11.9. The number of alkyl halides is 3. The van der Waals surface area contributed by atoms with E-state index in [1.807, 2.05) is 13.0 Å². The van der Waals surface area contributed by atoms with Crippen molar-refractivity contribution in [2.24, 2.45) is 11.8 Å². The molecule has 0 bridgehead atoms. The number of allylic oxidation sites excluding steroid dienone is 2. The Kier molecular flexibility index (Phi) is 3.34. The Morgan fingerprint density at radius 1 is 1.14 bits per heavy atom. The Morgan fingerprint density at radius 2 is 1.82 bits per heavy atom. The van der Waals surface area contributed by atoms with Gasteiger partial charge < -0.3 is 0 Å². The maximum absolute atomic E-state index is 12.8. The number of imide groups is 1. The summed E-state index contributed by atoms with van der Waals surface area (Å²) in [5.41, 5.74) is 0.167. The molecular weight excluding hydrogens is 295 g/mol. The molecule has 0 aromatic heterocycles. The van der Waals surface area contributed by atoms with Crippen molar-refractivity contribution < 1.29 is 22.8 Å². The van der Waals surface area contributed by atoms with E-state index in [4.69, 9.17) is 0 Å². The molecule has 0 N–H and O–H groups in total. The standard InChI is InChI=1S/C16H14F3NO2/c1-9-5-6-12-13(7-9)15(22)20(14(12)21)11-4-2-3-10(8-11)16(17,18)19/h2-5,8,12-13H,6-7H2,1H3/t12-,13-/m1/s1. The third-order valence-corrected chi connectivity index (χ3v) is 4.25. The largest absolute Gasteiger partial charge is 0.416 e. The maximum atomic E-state index is 12.8. The number of carbonyl (C=O) groups is 2. The number of carbonyl (C=O) groups excluding carboxylic acids is 2. The van der Waals surface area contributed by atoms with Crippen LogP contribution in [0.15, 0.2) is 35.9 Å². The second-order valence-electron chi connectivity index (χ2n) is 5.76. The van der Waals surface area contributed by atoms with Crippen molar-refractivity contribution in [2.75, 3.05) is 4.90 Å². The summed E-state index contributed by atoms with van der Waals surface area (Å²) in [6, 6.07) is 4.35. The van der Waals surface area contributed by atoms with Gasteiger partial charge in [0.1, 0.15) is 0 Å². The monoisotopic (exact) mass is 309 g/mol. The molecule has 1 fully saturated rings. The van der Waals surface area contributed by atoms with E-state index in [2.05, 4.69) is 0 Å². The van der Waals surface area contributed by atoms with Crippen molar-refractivity contribution in [3.63, 3.8) is 0 Å². The van der Waals surface area contributed by atoms with Crippen LogP contribution in [0.2, 0.25) is 0 Å². The van der Waals surface area contributed by atoms with Crippen LogP contribution in [0.1, 0.15) is 25.3 Å². The molecule has 0 saturated carbocycles. The molecule has 1 aliphatic carbocycles. The molecule has 116 valence electrons. The van der Waals surface area contributed by atoms with Crippen molar-refractivity contribution >= 4 is 17.5 Å². The zero-order valence-electron chi connectivity index (χ0n) is 11.9. The highest BCUT2D eigenvalue weighted by molar-refractivity contribution is 6.22. The van der Waals surface area contributed by atoms with Crippen LogP contribution < -0.4 is 4.90 Å². The summed E-state index contributed by atoms with van der Waals surface area (Å²) in [4.78, 5) is 25.8. The normalized spacial score (nSPS) is 25.3. The predicted octanol–water partition coefficient (Wildman–Crippen LogP) is 3.55. The first-order chi connectivity index (χ1) is 10.3. The van der Waals surface area contributed by atoms with E-state index in [-0.39, 0.29) is 5.69 Å². The number of anilines is 1. The molecular formula is C16H14F3NO2. The summed E-state index contributed by atoms with van der Waals surface area (Å²) in [6.45, 7) is 1.89. The van der Waals surface area contributed by atoms with Gasteiger partial charge in [0.05, 0.1) is 23.1 Å². The molecule has 1 aliphatic heterocycles. The maximum Gasteiger partial charge on any atom is 0.416 e. The molecule has 22 heavy (non-hydrogen) atoms. The quantitative estimate of drug-likeness (QED) is 0.587. The number of rotatable bonds is 1. The molecule has 1 aromatic rings. The average Bonchev–Trinajstić information content (AvgIpc) is 2.69. The van der Waals surface area contributed by atoms with Gasteiger partial charge >= 0.3 is 6.18 Å². The lowest BCUT2D eigenvalue weighted by molar-refractivity contribution is -0.137. The SMILES string of the molecule is CC1=CC[C@H]2C(=O)N(c3cccc(C(F)(F)F)c3)C(=O)[C@@H]2C1. The first kappa shape index (κ1) is 14.8. The molecule has 2 amide bonds. The molecule has 0 radical (unpaired) electrons. The summed E-state index contributed by atoms with van der Waals surface area (Å²) < 4.78 is 38.4. The van der Waals surface area contributed by atoms with Gasteiger partial charge in [-0.15, -0.1) is 0 Å². The van der Waals surface area contributed by atoms with Gasteiger partial charge in [-0.25, -0.2) is 0 Å². The van der Waals surface area contributed by atoms with Crippen molar-refractivity contribution in [1.82, 2.24) is 0 Å². The van der Waals surface area contributed by atoms with Gasteiger partial charge in [0.2, 0.25) is 11.8 Å². The molecule has 3 rings (SSSR count). The second kappa shape index (κ2) is 4.97. The van der Waals surface area contributed by atoms with Crippen LogP contribution in [-0.2, 0) is 15.8 Å². The molecule has 0 unspecified atom stereocenters. The summed E-state index contributed by atoms with van der Waals surface area (Å²) in [5, 5.41) is 0. The van der Waals surface area contributed by atoms with Crippen LogP contribution in [0, 0.1) is 11.8 Å². The minimum absolute atomic E-state index is 0.00289. The van der Waals surface area contributed by atoms with E-state index < -0.39 is 35.4 Å². The van der Waals surface area contributed by atoms with Gasteiger partial charge in [-0.1, -0.05) is 17.7 Å². The number of nitrogens with zero attached hydrogens (tertiary/aromatic N) is 1. The first-order valence-corrected chi connectivity index (χ1v) is 7.00. The Bertz CT molecular complexity index is 678. The smallest absolute Gasteiger partial charge is 0.274 e. The van der Waals surface area contributed by atoms with Crippen LogP contribution in [0.3, 0.4) is 0 Å². The number of hydrogen-bond donors (Lipinski definition) is 0. The molecule has 3 nitrogen and oxygen atoms in total. The number of fused-ring (bicyclic) bond motifs is 1. The Hall–Kier alpha value is -2.11. The van der Waals surface area contributed by atoms with Crippen LogP contribution in [-0.4, -0.2) is 11.8 Å². The van der Waals surface area contributed by atoms with E-state index in [0.717, 1.165) is 22.6 Å². The number of halogens is 3. The second-order valence-corrected chi connectivity index (χ2v) is 5.76. The predicted molar refractivity (Wildman–Crippen MR) is 73.9 cm³/mol. The summed E-state index contributed by atoms with van der Waals surface area (Å²) in [7, 11) is 0. The fourth-order valence-electron chi connectivity index (χ4n) is 3.11. The van der Waals surface area contributed by atoms with E-state index in [1.165, 1.54) is 12.1 Å². The number of benzene rings is 1. The van der Waals surface area contributed by atoms with Crippen LogP contribution in [0.25, 0.3) is 0 Å². The van der Waals surface area contributed by atoms with Gasteiger partial charge in [0.15, 0.2) is 0 Å². The van der Waals surface area contributed by atoms with Crippen LogP contribution >= 0.6 is 0 Å². The minimum Gasteiger partial charge on any atom is -0.274 e. The molecule has 1 aromatic carbocycles. The highest BCUT2D eigenvalue weighted by atomic mass is 19.4. The highest BCUT2D eigenvalue weighted by Crippen LogP contribution is 2.40. The third kappa shape index (κ3) is 2.32. The van der Waals surface area contributed by atoms with Gasteiger partial charge in [-0.05, 0) is 38.0 Å². The molecule has 2 atom stereocenters. The lowest BCUT2D eigenvalue weighted by Gasteiger charge is -2.18. The average molecular weight is 309 g/mol. The van der Waals surface area contributed by atoms with Crippen LogP contribution in [0.5, 0.6) is 0 Å². The van der Waals surface area contributed by atoms with Gasteiger partial charge in [-0.2, -0.15) is 13.2 Å². The number of hydrogen-bond acceptors (Lipinski definition) is 2.